The van der Waals surface area contributed by atoms with Gasteiger partial charge in [0.1, 0.15) is 0 Å². The fourth-order valence-corrected chi connectivity index (χ4v) is 1.44. The van der Waals surface area contributed by atoms with Gasteiger partial charge in [-0.2, -0.15) is 11.8 Å². The number of benzene rings is 1. The standard InChI is InChI=1S/C11H13NO3S/c1-16-7-6-12-10(13)8-2-4-9(5-3-8)11(14)15/h2-5H,6-7H2,1H3,(H,12,13)(H,14,15). The Morgan fingerprint density at radius 1 is 1.25 bits per heavy atom. The van der Waals surface area contributed by atoms with Gasteiger partial charge in [0, 0.05) is 17.9 Å². The number of carbonyl (C=O) groups is 2. The molecule has 0 spiro atoms. The quantitative estimate of drug-likeness (QED) is 0.764. The van der Waals surface area contributed by atoms with Crippen LogP contribution in [0.1, 0.15) is 20.7 Å². The number of hydrogen-bond donors (Lipinski definition) is 2. The van der Waals surface area contributed by atoms with Crippen LogP contribution in [-0.2, 0) is 0 Å². The number of aromatic carboxylic acids is 1. The maximum atomic E-state index is 11.5. The molecule has 0 atom stereocenters. The number of carboxylic acids is 1. The molecule has 0 aliphatic carbocycles. The average Bonchev–Trinajstić information content (AvgIpc) is 2.29. The summed E-state index contributed by atoms with van der Waals surface area (Å²) < 4.78 is 0. The molecule has 4 nitrogen and oxygen atoms in total. The molecule has 0 aromatic heterocycles. The fourth-order valence-electron chi connectivity index (χ4n) is 1.13. The van der Waals surface area contributed by atoms with Crippen molar-refractivity contribution in [3.8, 4) is 0 Å². The summed E-state index contributed by atoms with van der Waals surface area (Å²) in [5, 5.41) is 11.4. The fraction of sp³-hybridized carbons (Fsp3) is 0.273. The Bertz CT molecular complexity index is 375. The van der Waals surface area contributed by atoms with E-state index in [1.807, 2.05) is 6.26 Å². The van der Waals surface area contributed by atoms with E-state index in [0.717, 1.165) is 5.75 Å². The molecule has 0 saturated heterocycles. The van der Waals surface area contributed by atoms with Gasteiger partial charge < -0.3 is 10.4 Å². The van der Waals surface area contributed by atoms with Crippen LogP contribution in [0.3, 0.4) is 0 Å². The van der Waals surface area contributed by atoms with Crippen molar-refractivity contribution in [3.63, 3.8) is 0 Å². The van der Waals surface area contributed by atoms with Crippen LogP contribution in [0.5, 0.6) is 0 Å². The van der Waals surface area contributed by atoms with Gasteiger partial charge in [-0.15, -0.1) is 0 Å². The molecule has 0 radical (unpaired) electrons. The third-order valence-electron chi connectivity index (χ3n) is 1.99. The maximum absolute atomic E-state index is 11.5. The number of carbonyl (C=O) groups excluding carboxylic acids is 1. The minimum atomic E-state index is -0.991. The average molecular weight is 239 g/mol. The molecular formula is C11H13NO3S. The lowest BCUT2D eigenvalue weighted by Crippen LogP contribution is -2.25. The molecule has 1 amide bonds. The lowest BCUT2D eigenvalue weighted by Gasteiger charge is -2.04. The zero-order chi connectivity index (χ0) is 12.0. The summed E-state index contributed by atoms with van der Waals surface area (Å²) in [5.74, 6) is -0.306. The number of rotatable bonds is 5. The summed E-state index contributed by atoms with van der Waals surface area (Å²) in [7, 11) is 0. The third-order valence-corrected chi connectivity index (χ3v) is 2.60. The Kier molecular flexibility index (Phi) is 4.85. The number of carboxylic acid groups (broad SMARTS) is 1. The van der Waals surface area contributed by atoms with E-state index in [1.54, 1.807) is 11.8 Å². The summed E-state index contributed by atoms with van der Waals surface area (Å²) in [5.41, 5.74) is 0.659. The molecule has 0 aliphatic heterocycles. The number of hydrogen-bond acceptors (Lipinski definition) is 3. The van der Waals surface area contributed by atoms with Crippen molar-refractivity contribution in [2.75, 3.05) is 18.6 Å². The first-order chi connectivity index (χ1) is 7.65. The summed E-state index contributed by atoms with van der Waals surface area (Å²) in [6.45, 7) is 0.612. The van der Waals surface area contributed by atoms with Crippen LogP contribution in [0, 0.1) is 0 Å². The van der Waals surface area contributed by atoms with Crippen molar-refractivity contribution >= 4 is 23.6 Å². The number of nitrogens with one attached hydrogen (secondary N) is 1. The van der Waals surface area contributed by atoms with E-state index in [9.17, 15) is 9.59 Å². The van der Waals surface area contributed by atoms with Crippen molar-refractivity contribution in [2.45, 2.75) is 0 Å². The highest BCUT2D eigenvalue weighted by Gasteiger charge is 2.06. The topological polar surface area (TPSA) is 66.4 Å². The molecule has 1 rings (SSSR count). The van der Waals surface area contributed by atoms with Crippen LogP contribution in [0.2, 0.25) is 0 Å². The van der Waals surface area contributed by atoms with E-state index in [4.69, 9.17) is 5.11 Å². The van der Waals surface area contributed by atoms with Gasteiger partial charge in [0.2, 0.25) is 0 Å². The van der Waals surface area contributed by atoms with Gasteiger partial charge in [-0.05, 0) is 30.5 Å². The zero-order valence-corrected chi connectivity index (χ0v) is 9.71. The van der Waals surface area contributed by atoms with Crippen molar-refractivity contribution in [1.82, 2.24) is 5.32 Å². The smallest absolute Gasteiger partial charge is 0.335 e. The number of thioether (sulfide) groups is 1. The predicted molar refractivity (Wildman–Crippen MR) is 64.1 cm³/mol. The van der Waals surface area contributed by atoms with E-state index < -0.39 is 5.97 Å². The van der Waals surface area contributed by atoms with Crippen LogP contribution in [0.25, 0.3) is 0 Å². The summed E-state index contributed by atoms with van der Waals surface area (Å²) in [4.78, 5) is 22.1. The maximum Gasteiger partial charge on any atom is 0.335 e. The number of amides is 1. The Labute approximate surface area is 98.0 Å². The Morgan fingerprint density at radius 3 is 2.31 bits per heavy atom. The minimum Gasteiger partial charge on any atom is -0.478 e. The SMILES string of the molecule is CSCCNC(=O)c1ccc(C(=O)O)cc1. The summed E-state index contributed by atoms with van der Waals surface area (Å²) >= 11 is 1.65. The first kappa shape index (κ1) is 12.6. The molecule has 86 valence electrons. The third kappa shape index (κ3) is 3.58. The van der Waals surface area contributed by atoms with Gasteiger partial charge in [0.05, 0.1) is 5.56 Å². The normalized spacial score (nSPS) is 9.81. The van der Waals surface area contributed by atoms with E-state index >= 15 is 0 Å². The molecule has 0 bridgehead atoms. The lowest BCUT2D eigenvalue weighted by atomic mass is 10.1. The van der Waals surface area contributed by atoms with Crippen molar-refractivity contribution < 1.29 is 14.7 Å². The summed E-state index contributed by atoms with van der Waals surface area (Å²) in [6, 6.07) is 5.87. The molecule has 0 heterocycles. The largest absolute Gasteiger partial charge is 0.478 e. The second-order valence-corrected chi connectivity index (χ2v) is 4.12. The van der Waals surface area contributed by atoms with Crippen molar-refractivity contribution in [3.05, 3.63) is 35.4 Å². The molecule has 0 saturated carbocycles. The van der Waals surface area contributed by atoms with Gasteiger partial charge in [0.25, 0.3) is 5.91 Å². The Balaban J connectivity index is 2.59. The van der Waals surface area contributed by atoms with Crippen LogP contribution in [0.15, 0.2) is 24.3 Å². The highest BCUT2D eigenvalue weighted by atomic mass is 32.2. The molecule has 5 heteroatoms. The van der Waals surface area contributed by atoms with E-state index in [1.165, 1.54) is 24.3 Å². The zero-order valence-electron chi connectivity index (χ0n) is 8.90. The van der Waals surface area contributed by atoms with E-state index in [0.29, 0.717) is 12.1 Å². The molecule has 2 N–H and O–H groups in total. The van der Waals surface area contributed by atoms with Gasteiger partial charge in [-0.3, -0.25) is 4.79 Å². The molecule has 16 heavy (non-hydrogen) atoms. The highest BCUT2D eigenvalue weighted by molar-refractivity contribution is 7.98. The molecule has 0 fully saturated rings. The Morgan fingerprint density at radius 2 is 1.81 bits per heavy atom. The minimum absolute atomic E-state index is 0.175. The van der Waals surface area contributed by atoms with Crippen LogP contribution in [0.4, 0.5) is 0 Å². The van der Waals surface area contributed by atoms with Gasteiger partial charge in [0.15, 0.2) is 0 Å². The van der Waals surface area contributed by atoms with Crippen LogP contribution < -0.4 is 5.32 Å². The van der Waals surface area contributed by atoms with Crippen molar-refractivity contribution in [1.29, 1.82) is 0 Å². The van der Waals surface area contributed by atoms with Crippen LogP contribution >= 0.6 is 11.8 Å². The molecule has 0 aliphatic rings. The van der Waals surface area contributed by atoms with Crippen LogP contribution in [-0.4, -0.2) is 35.5 Å². The summed E-state index contributed by atoms with van der Waals surface area (Å²) in [6.07, 6.45) is 1.97. The Hall–Kier alpha value is -1.49. The van der Waals surface area contributed by atoms with Gasteiger partial charge in [-0.25, -0.2) is 4.79 Å². The lowest BCUT2D eigenvalue weighted by molar-refractivity contribution is 0.0696. The predicted octanol–water partition coefficient (Wildman–Crippen LogP) is 1.48. The van der Waals surface area contributed by atoms with Crippen molar-refractivity contribution in [2.24, 2.45) is 0 Å². The first-order valence-corrected chi connectivity index (χ1v) is 6.15. The van der Waals surface area contributed by atoms with Gasteiger partial charge in [-0.1, -0.05) is 0 Å². The first-order valence-electron chi connectivity index (χ1n) is 4.75. The monoisotopic (exact) mass is 239 g/mol. The highest BCUT2D eigenvalue weighted by Crippen LogP contribution is 2.04. The molecule has 1 aromatic rings. The van der Waals surface area contributed by atoms with Gasteiger partial charge >= 0.3 is 5.97 Å². The molecular weight excluding hydrogens is 226 g/mol. The molecule has 0 unspecified atom stereocenters. The molecule has 1 aromatic carbocycles. The second kappa shape index (κ2) is 6.17. The van der Waals surface area contributed by atoms with E-state index in [-0.39, 0.29) is 11.5 Å². The second-order valence-electron chi connectivity index (χ2n) is 3.13. The van der Waals surface area contributed by atoms with E-state index in [2.05, 4.69) is 5.32 Å².